The summed E-state index contributed by atoms with van der Waals surface area (Å²) in [6.07, 6.45) is 2.50. The highest BCUT2D eigenvalue weighted by atomic mass is 32.2. The highest BCUT2D eigenvalue weighted by Gasteiger charge is 2.23. The zero-order valence-corrected chi connectivity index (χ0v) is 19.3. The van der Waals surface area contributed by atoms with Crippen molar-refractivity contribution in [3.05, 3.63) is 59.4 Å². The monoisotopic (exact) mass is 440 g/mol. The molecule has 31 heavy (non-hydrogen) atoms. The summed E-state index contributed by atoms with van der Waals surface area (Å²) >= 11 is 0. The van der Waals surface area contributed by atoms with Crippen molar-refractivity contribution in [3.8, 4) is 16.9 Å². The molecule has 0 saturated heterocycles. The summed E-state index contributed by atoms with van der Waals surface area (Å²) in [4.78, 5) is 16.5. The molecule has 3 aromatic rings. The summed E-state index contributed by atoms with van der Waals surface area (Å²) in [5, 5.41) is 1.96. The number of rotatable bonds is 8. The van der Waals surface area contributed by atoms with E-state index < -0.39 is 15.7 Å². The quantitative estimate of drug-likeness (QED) is 0.410. The first-order chi connectivity index (χ1) is 14.8. The predicted octanol–water partition coefficient (Wildman–Crippen LogP) is 4.56. The van der Waals surface area contributed by atoms with Crippen LogP contribution in [0.4, 0.5) is 0 Å². The Hall–Kier alpha value is -2.61. The number of hydrogen-bond donors (Lipinski definition) is 1. The fraction of sp³-hybridized carbons (Fsp3) is 0.333. The predicted molar refractivity (Wildman–Crippen MR) is 125 cm³/mol. The molecule has 0 aliphatic carbocycles. The van der Waals surface area contributed by atoms with Crippen LogP contribution in [0.5, 0.6) is 5.75 Å². The number of aromatic nitrogens is 1. The van der Waals surface area contributed by atoms with Crippen molar-refractivity contribution in [3.63, 3.8) is 0 Å². The Morgan fingerprint density at radius 2 is 1.87 bits per heavy atom. The molecule has 2 aromatic carbocycles. The Labute approximate surface area is 185 Å². The fourth-order valence-electron chi connectivity index (χ4n) is 3.41. The van der Waals surface area contributed by atoms with Gasteiger partial charge < -0.3 is 9.47 Å². The molecule has 7 heteroatoms. The van der Waals surface area contributed by atoms with E-state index in [1.807, 2.05) is 64.1 Å². The van der Waals surface area contributed by atoms with Gasteiger partial charge in [0.25, 0.3) is 0 Å². The molecule has 1 heterocycles. The molecule has 0 bridgehead atoms. The standard InChI is InChI=1S/C24H28N2O4S/c1-16-22(23-18(14-27)11-10-17-8-6-7-9-19(17)23)20(12-26-31(28)24(2,3)4)21(13-25-16)30-15-29-5/h6-11,13-14,26H,12,15H2,1-5H3/t31-/m0/s1. The van der Waals surface area contributed by atoms with Crippen LogP contribution in [-0.2, 0) is 22.3 Å². The van der Waals surface area contributed by atoms with Crippen LogP contribution < -0.4 is 9.46 Å². The van der Waals surface area contributed by atoms with Gasteiger partial charge in [-0.15, -0.1) is 0 Å². The first-order valence-corrected chi connectivity index (χ1v) is 11.2. The van der Waals surface area contributed by atoms with Crippen molar-refractivity contribution in [2.45, 2.75) is 39.0 Å². The minimum Gasteiger partial charge on any atom is -0.466 e. The van der Waals surface area contributed by atoms with E-state index in [4.69, 9.17) is 9.47 Å². The largest absolute Gasteiger partial charge is 0.466 e. The van der Waals surface area contributed by atoms with Gasteiger partial charge in [-0.3, -0.25) is 9.78 Å². The third-order valence-electron chi connectivity index (χ3n) is 4.94. The Balaban J connectivity index is 2.26. The SMILES string of the molecule is COCOc1cnc(C)c(-c2c(C=O)ccc3ccccc23)c1CN[S@@](=O)C(C)(C)C. The average molecular weight is 441 g/mol. The number of carbonyl (C=O) groups excluding carboxylic acids is 1. The third-order valence-corrected chi connectivity index (χ3v) is 6.46. The molecule has 1 N–H and O–H groups in total. The minimum absolute atomic E-state index is 0.0512. The molecule has 6 nitrogen and oxygen atoms in total. The summed E-state index contributed by atoms with van der Waals surface area (Å²) in [5.74, 6) is 0.519. The van der Waals surface area contributed by atoms with Gasteiger partial charge in [0.1, 0.15) is 5.75 Å². The summed E-state index contributed by atoms with van der Waals surface area (Å²) in [5.41, 5.74) is 3.68. The van der Waals surface area contributed by atoms with Crippen LogP contribution in [0.3, 0.4) is 0 Å². The number of benzene rings is 2. The molecule has 0 spiro atoms. The van der Waals surface area contributed by atoms with Crippen molar-refractivity contribution in [1.29, 1.82) is 0 Å². The molecular formula is C24H28N2O4S. The number of ether oxygens (including phenoxy) is 2. The maximum Gasteiger partial charge on any atom is 0.188 e. The van der Waals surface area contributed by atoms with E-state index in [-0.39, 0.29) is 13.3 Å². The lowest BCUT2D eigenvalue weighted by Crippen LogP contribution is -2.33. The van der Waals surface area contributed by atoms with Crippen LogP contribution in [-0.4, -0.2) is 34.1 Å². The highest BCUT2D eigenvalue weighted by molar-refractivity contribution is 7.84. The number of nitrogens with one attached hydrogen (secondary N) is 1. The summed E-state index contributed by atoms with van der Waals surface area (Å²) in [6.45, 7) is 7.96. The number of hydrogen-bond acceptors (Lipinski definition) is 5. The molecule has 0 aliphatic rings. The lowest BCUT2D eigenvalue weighted by atomic mass is 9.90. The van der Waals surface area contributed by atoms with E-state index in [9.17, 15) is 9.00 Å². The van der Waals surface area contributed by atoms with Crippen molar-refractivity contribution in [1.82, 2.24) is 9.71 Å². The second kappa shape index (κ2) is 9.68. The smallest absolute Gasteiger partial charge is 0.188 e. The molecule has 0 saturated carbocycles. The number of carbonyl (C=O) groups is 1. The zero-order chi connectivity index (χ0) is 22.6. The molecule has 0 unspecified atom stereocenters. The molecule has 1 atom stereocenters. The molecule has 3 rings (SSSR count). The second-order valence-electron chi connectivity index (χ2n) is 8.18. The van der Waals surface area contributed by atoms with Gasteiger partial charge in [0.15, 0.2) is 13.1 Å². The zero-order valence-electron chi connectivity index (χ0n) is 18.5. The van der Waals surface area contributed by atoms with E-state index in [2.05, 4.69) is 9.71 Å². The van der Waals surface area contributed by atoms with Gasteiger partial charge in [-0.25, -0.2) is 8.93 Å². The number of nitrogens with zero attached hydrogens (tertiary/aromatic N) is 1. The first kappa shape index (κ1) is 23.1. The van der Waals surface area contributed by atoms with Crippen molar-refractivity contribution in [2.75, 3.05) is 13.9 Å². The lowest BCUT2D eigenvalue weighted by Gasteiger charge is -2.22. The highest BCUT2D eigenvalue weighted by Crippen LogP contribution is 2.38. The van der Waals surface area contributed by atoms with Crippen LogP contribution in [0.2, 0.25) is 0 Å². The van der Waals surface area contributed by atoms with E-state index in [1.54, 1.807) is 13.3 Å². The molecule has 164 valence electrons. The number of aryl methyl sites for hydroxylation is 1. The summed E-state index contributed by atoms with van der Waals surface area (Å²) in [7, 11) is 0.262. The normalized spacial score (nSPS) is 12.7. The van der Waals surface area contributed by atoms with Crippen molar-refractivity contribution < 1.29 is 18.5 Å². The van der Waals surface area contributed by atoms with Gasteiger partial charge in [-0.2, -0.15) is 0 Å². The summed E-state index contributed by atoms with van der Waals surface area (Å²) in [6, 6.07) is 11.7. The van der Waals surface area contributed by atoms with Crippen LogP contribution >= 0.6 is 0 Å². The van der Waals surface area contributed by atoms with Crippen LogP contribution in [0.1, 0.15) is 42.4 Å². The minimum atomic E-state index is -1.28. The fourth-order valence-corrected chi connectivity index (χ4v) is 4.12. The Bertz CT molecular complexity index is 1120. The van der Waals surface area contributed by atoms with Crippen LogP contribution in [0.25, 0.3) is 21.9 Å². The topological polar surface area (TPSA) is 77.5 Å². The van der Waals surface area contributed by atoms with Gasteiger partial charge >= 0.3 is 0 Å². The van der Waals surface area contributed by atoms with Gasteiger partial charge in [0.2, 0.25) is 0 Å². The molecule has 0 fully saturated rings. The Kier molecular flexibility index (Phi) is 7.20. The van der Waals surface area contributed by atoms with Crippen molar-refractivity contribution in [2.24, 2.45) is 0 Å². The number of methoxy groups -OCH3 is 1. The third kappa shape index (κ3) is 5.01. The van der Waals surface area contributed by atoms with Gasteiger partial charge in [-0.05, 0) is 38.5 Å². The van der Waals surface area contributed by atoms with Crippen LogP contribution in [0.15, 0.2) is 42.6 Å². The van der Waals surface area contributed by atoms with Gasteiger partial charge in [-0.1, -0.05) is 36.4 Å². The molecule has 1 aromatic heterocycles. The summed E-state index contributed by atoms with van der Waals surface area (Å²) < 4.78 is 26.3. The molecule has 0 aliphatic heterocycles. The Morgan fingerprint density at radius 1 is 1.13 bits per heavy atom. The second-order valence-corrected chi connectivity index (χ2v) is 10.2. The lowest BCUT2D eigenvalue weighted by molar-refractivity contribution is 0.0501. The number of pyridine rings is 1. The van der Waals surface area contributed by atoms with E-state index in [1.165, 1.54) is 0 Å². The van der Waals surface area contributed by atoms with E-state index in [0.717, 1.165) is 39.4 Å². The van der Waals surface area contributed by atoms with Crippen molar-refractivity contribution >= 4 is 28.0 Å². The number of aldehydes is 1. The van der Waals surface area contributed by atoms with Crippen LogP contribution in [0, 0.1) is 6.92 Å². The molecular weight excluding hydrogens is 412 g/mol. The van der Waals surface area contributed by atoms with Gasteiger partial charge in [0, 0.05) is 41.6 Å². The van der Waals surface area contributed by atoms with E-state index in [0.29, 0.717) is 11.3 Å². The van der Waals surface area contributed by atoms with Gasteiger partial charge in [0.05, 0.1) is 21.9 Å². The number of fused-ring (bicyclic) bond motifs is 1. The maximum atomic E-state index is 12.7. The Morgan fingerprint density at radius 3 is 2.55 bits per heavy atom. The van der Waals surface area contributed by atoms with E-state index >= 15 is 0 Å². The molecule has 0 radical (unpaired) electrons. The maximum absolute atomic E-state index is 12.7. The average Bonchev–Trinajstić information content (AvgIpc) is 2.75. The molecule has 0 amide bonds. The first-order valence-electron chi connectivity index (χ1n) is 10.0.